The summed E-state index contributed by atoms with van der Waals surface area (Å²) in [4.78, 5) is 12.1. The van der Waals surface area contributed by atoms with Crippen molar-refractivity contribution < 1.29 is 4.79 Å². The molecule has 0 aliphatic heterocycles. The van der Waals surface area contributed by atoms with Crippen LogP contribution < -0.4 is 5.32 Å². The number of aromatic nitrogens is 2. The van der Waals surface area contributed by atoms with Crippen molar-refractivity contribution in [3.05, 3.63) is 23.0 Å². The van der Waals surface area contributed by atoms with Crippen LogP contribution in [0.3, 0.4) is 0 Å². The maximum Gasteiger partial charge on any atom is 0.254 e. The van der Waals surface area contributed by atoms with Gasteiger partial charge in [0.15, 0.2) is 0 Å². The molecule has 1 N–H and O–H groups in total. The number of nitrogens with one attached hydrogen (secondary N) is 1. The lowest BCUT2D eigenvalue weighted by molar-refractivity contribution is 0.0942. The van der Waals surface area contributed by atoms with E-state index in [-0.39, 0.29) is 5.91 Å². The molecule has 1 atom stereocenters. The molecule has 1 aromatic rings. The average Bonchev–Trinajstić information content (AvgIpc) is 2.38. The fraction of sp³-hybridized carbons (Fsp3) is 0.538. The lowest BCUT2D eigenvalue weighted by Crippen LogP contribution is -2.34. The third-order valence-corrected chi connectivity index (χ3v) is 2.61. The van der Waals surface area contributed by atoms with Crippen molar-refractivity contribution in [1.82, 2.24) is 15.5 Å². The van der Waals surface area contributed by atoms with Gasteiger partial charge in [-0.15, -0.1) is 0 Å². The standard InChI is InChI=1S/C13H18N4O/c1-4-6-10(8-14)15-13(18)11-7-9(3)16-17-12(11)5-2/h7,10H,4-6H2,1-3H3,(H,15,18). The van der Waals surface area contributed by atoms with E-state index in [4.69, 9.17) is 5.26 Å². The fourth-order valence-electron chi connectivity index (χ4n) is 1.67. The van der Waals surface area contributed by atoms with E-state index in [0.717, 1.165) is 6.42 Å². The molecule has 1 heterocycles. The van der Waals surface area contributed by atoms with E-state index in [2.05, 4.69) is 21.6 Å². The van der Waals surface area contributed by atoms with Gasteiger partial charge in [-0.3, -0.25) is 4.79 Å². The van der Waals surface area contributed by atoms with E-state index in [9.17, 15) is 4.79 Å². The first-order chi connectivity index (χ1) is 8.62. The van der Waals surface area contributed by atoms with Gasteiger partial charge in [0.05, 0.1) is 23.0 Å². The van der Waals surface area contributed by atoms with E-state index in [1.165, 1.54) is 0 Å². The Balaban J connectivity index is 2.90. The Labute approximate surface area is 107 Å². The Morgan fingerprint density at radius 1 is 1.50 bits per heavy atom. The average molecular weight is 246 g/mol. The van der Waals surface area contributed by atoms with Crippen molar-refractivity contribution in [2.75, 3.05) is 0 Å². The van der Waals surface area contributed by atoms with E-state index < -0.39 is 6.04 Å². The second-order valence-electron chi connectivity index (χ2n) is 4.14. The molecule has 1 amide bonds. The largest absolute Gasteiger partial charge is 0.336 e. The third-order valence-electron chi connectivity index (χ3n) is 2.61. The van der Waals surface area contributed by atoms with E-state index in [1.807, 2.05) is 13.8 Å². The number of hydrogen-bond donors (Lipinski definition) is 1. The predicted octanol–water partition coefficient (Wildman–Crippen LogP) is 1.77. The minimum absolute atomic E-state index is 0.246. The highest BCUT2D eigenvalue weighted by Crippen LogP contribution is 2.08. The summed E-state index contributed by atoms with van der Waals surface area (Å²) < 4.78 is 0. The van der Waals surface area contributed by atoms with Crippen LogP contribution in [-0.2, 0) is 6.42 Å². The van der Waals surface area contributed by atoms with Crippen LogP contribution in [0.4, 0.5) is 0 Å². The minimum Gasteiger partial charge on any atom is -0.336 e. The van der Waals surface area contributed by atoms with Gasteiger partial charge in [-0.2, -0.15) is 15.5 Å². The van der Waals surface area contributed by atoms with E-state index in [0.29, 0.717) is 29.8 Å². The number of nitrogens with zero attached hydrogens (tertiary/aromatic N) is 3. The molecule has 0 aromatic carbocycles. The summed E-state index contributed by atoms with van der Waals surface area (Å²) in [6, 6.07) is 3.35. The molecule has 0 spiro atoms. The molecular formula is C13H18N4O. The van der Waals surface area contributed by atoms with Crippen LogP contribution in [0.15, 0.2) is 6.07 Å². The Morgan fingerprint density at radius 3 is 2.78 bits per heavy atom. The summed E-state index contributed by atoms with van der Waals surface area (Å²) in [7, 11) is 0. The highest BCUT2D eigenvalue weighted by molar-refractivity contribution is 5.95. The van der Waals surface area contributed by atoms with Gasteiger partial charge in [0.25, 0.3) is 5.91 Å². The number of aryl methyl sites for hydroxylation is 2. The first kappa shape index (κ1) is 14.1. The van der Waals surface area contributed by atoms with Crippen molar-refractivity contribution in [2.45, 2.75) is 46.1 Å². The fourth-order valence-corrected chi connectivity index (χ4v) is 1.67. The molecule has 0 fully saturated rings. The van der Waals surface area contributed by atoms with Gasteiger partial charge in [0.2, 0.25) is 0 Å². The predicted molar refractivity (Wildman–Crippen MR) is 67.9 cm³/mol. The Hall–Kier alpha value is -1.96. The number of carbonyl (C=O) groups is 1. The zero-order valence-electron chi connectivity index (χ0n) is 11.0. The number of amides is 1. The normalized spacial score (nSPS) is 11.7. The molecule has 0 aliphatic rings. The number of rotatable bonds is 5. The molecule has 0 bridgehead atoms. The van der Waals surface area contributed by atoms with Gasteiger partial charge in [0, 0.05) is 0 Å². The second-order valence-corrected chi connectivity index (χ2v) is 4.14. The third kappa shape index (κ3) is 3.52. The maximum atomic E-state index is 12.1. The van der Waals surface area contributed by atoms with Crippen LogP contribution in [0.2, 0.25) is 0 Å². The summed E-state index contributed by atoms with van der Waals surface area (Å²) >= 11 is 0. The van der Waals surface area contributed by atoms with Crippen LogP contribution >= 0.6 is 0 Å². The van der Waals surface area contributed by atoms with Crippen molar-refractivity contribution in [3.8, 4) is 6.07 Å². The summed E-state index contributed by atoms with van der Waals surface area (Å²) in [5.74, 6) is -0.246. The molecule has 5 heteroatoms. The summed E-state index contributed by atoms with van der Waals surface area (Å²) in [5.41, 5.74) is 1.87. The summed E-state index contributed by atoms with van der Waals surface area (Å²) in [6.07, 6.45) is 2.15. The molecule has 0 saturated carbocycles. The van der Waals surface area contributed by atoms with Crippen molar-refractivity contribution in [1.29, 1.82) is 5.26 Å². The highest BCUT2D eigenvalue weighted by atomic mass is 16.1. The summed E-state index contributed by atoms with van der Waals surface area (Å²) in [5, 5.41) is 19.6. The van der Waals surface area contributed by atoms with Gasteiger partial charge in [-0.1, -0.05) is 20.3 Å². The molecule has 1 aromatic heterocycles. The Kier molecular flexibility index (Phi) is 5.25. The molecule has 0 saturated heterocycles. The molecule has 5 nitrogen and oxygen atoms in total. The zero-order chi connectivity index (χ0) is 13.5. The molecule has 0 aliphatic carbocycles. The molecule has 1 unspecified atom stereocenters. The molecular weight excluding hydrogens is 228 g/mol. The molecule has 18 heavy (non-hydrogen) atoms. The van der Waals surface area contributed by atoms with Crippen LogP contribution in [0.25, 0.3) is 0 Å². The lowest BCUT2D eigenvalue weighted by atomic mass is 10.1. The second kappa shape index (κ2) is 6.70. The molecule has 1 rings (SSSR count). The zero-order valence-corrected chi connectivity index (χ0v) is 11.0. The molecule has 0 radical (unpaired) electrons. The summed E-state index contributed by atoms with van der Waals surface area (Å²) in [6.45, 7) is 5.69. The molecule has 96 valence electrons. The Bertz CT molecular complexity index is 465. The van der Waals surface area contributed by atoms with Crippen LogP contribution in [0.1, 0.15) is 48.4 Å². The lowest BCUT2D eigenvalue weighted by Gasteiger charge is -2.12. The minimum atomic E-state index is -0.444. The van der Waals surface area contributed by atoms with Gasteiger partial charge in [-0.05, 0) is 25.8 Å². The highest BCUT2D eigenvalue weighted by Gasteiger charge is 2.16. The Morgan fingerprint density at radius 2 is 2.22 bits per heavy atom. The SMILES string of the molecule is CCCC(C#N)NC(=O)c1cc(C)nnc1CC. The number of carbonyl (C=O) groups excluding carboxylic acids is 1. The van der Waals surface area contributed by atoms with Gasteiger partial charge in [-0.25, -0.2) is 0 Å². The van der Waals surface area contributed by atoms with Crippen molar-refractivity contribution >= 4 is 5.91 Å². The van der Waals surface area contributed by atoms with Crippen LogP contribution in [0.5, 0.6) is 0 Å². The monoisotopic (exact) mass is 246 g/mol. The van der Waals surface area contributed by atoms with Gasteiger partial charge < -0.3 is 5.32 Å². The van der Waals surface area contributed by atoms with Crippen molar-refractivity contribution in [2.24, 2.45) is 0 Å². The smallest absolute Gasteiger partial charge is 0.254 e. The number of hydrogen-bond acceptors (Lipinski definition) is 4. The van der Waals surface area contributed by atoms with Gasteiger partial charge >= 0.3 is 0 Å². The first-order valence-electron chi connectivity index (χ1n) is 6.16. The van der Waals surface area contributed by atoms with Gasteiger partial charge in [0.1, 0.15) is 6.04 Å². The van der Waals surface area contributed by atoms with Crippen LogP contribution in [-0.4, -0.2) is 22.1 Å². The van der Waals surface area contributed by atoms with E-state index >= 15 is 0 Å². The van der Waals surface area contributed by atoms with Crippen molar-refractivity contribution in [3.63, 3.8) is 0 Å². The quantitative estimate of drug-likeness (QED) is 0.858. The maximum absolute atomic E-state index is 12.1. The van der Waals surface area contributed by atoms with Crippen LogP contribution in [0, 0.1) is 18.3 Å². The van der Waals surface area contributed by atoms with E-state index in [1.54, 1.807) is 13.0 Å². The number of nitriles is 1. The topological polar surface area (TPSA) is 78.7 Å². The first-order valence-corrected chi connectivity index (χ1v) is 6.16.